The van der Waals surface area contributed by atoms with Crippen LogP contribution in [0.5, 0.6) is 0 Å². The van der Waals surface area contributed by atoms with Gasteiger partial charge >= 0.3 is 0 Å². The average Bonchev–Trinajstić information content (AvgIpc) is 2.72. The number of fused-ring (bicyclic) bond motifs is 4. The van der Waals surface area contributed by atoms with E-state index in [1.54, 1.807) is 10.6 Å². The molecule has 1 aromatic rings. The molecule has 3 atom stereocenters. The van der Waals surface area contributed by atoms with E-state index in [4.69, 9.17) is 4.74 Å². The van der Waals surface area contributed by atoms with E-state index in [0.717, 1.165) is 77.6 Å². The van der Waals surface area contributed by atoms with Gasteiger partial charge in [0.15, 0.2) is 0 Å². The summed E-state index contributed by atoms with van der Waals surface area (Å²) in [4.78, 5) is 30.5. The predicted molar refractivity (Wildman–Crippen MR) is 122 cm³/mol. The van der Waals surface area contributed by atoms with Crippen LogP contribution in [0.1, 0.15) is 37.4 Å². The maximum atomic E-state index is 13.5. The minimum Gasteiger partial charge on any atom is -0.380 e. The third-order valence-electron chi connectivity index (χ3n) is 6.39. The first kappa shape index (κ1) is 25.1. The van der Waals surface area contributed by atoms with Crippen LogP contribution in [0, 0.1) is 5.92 Å². The van der Waals surface area contributed by atoms with Crippen LogP contribution in [0.25, 0.3) is 0 Å². The van der Waals surface area contributed by atoms with Gasteiger partial charge in [0.05, 0.1) is 6.61 Å². The monoisotopic (exact) mass is 460 g/mol. The lowest BCUT2D eigenvalue weighted by Gasteiger charge is -2.45. The average molecular weight is 461 g/mol. The number of piperidine rings is 1. The van der Waals surface area contributed by atoms with Crippen molar-refractivity contribution in [2.45, 2.75) is 31.7 Å². The van der Waals surface area contributed by atoms with Crippen molar-refractivity contribution in [3.63, 3.8) is 0 Å². The molecular formula is C21H34Cl2N4O3. The largest absolute Gasteiger partial charge is 0.380 e. The Morgan fingerprint density at radius 2 is 1.90 bits per heavy atom. The van der Waals surface area contributed by atoms with Crippen LogP contribution < -0.4 is 10.9 Å². The molecular weight excluding hydrogens is 427 g/mol. The molecule has 3 aliphatic rings. The maximum absolute atomic E-state index is 13.5. The number of hydrogen-bond donors (Lipinski definition) is 1. The van der Waals surface area contributed by atoms with E-state index in [1.165, 1.54) is 0 Å². The summed E-state index contributed by atoms with van der Waals surface area (Å²) in [5.41, 5.74) is 0.972. The second-order valence-corrected chi connectivity index (χ2v) is 8.23. The Balaban J connectivity index is 0.00000160. The van der Waals surface area contributed by atoms with Crippen molar-refractivity contribution >= 4 is 30.7 Å². The highest BCUT2D eigenvalue weighted by molar-refractivity contribution is 5.85. The van der Waals surface area contributed by atoms with Gasteiger partial charge in [-0.1, -0.05) is 13.0 Å². The number of carbonyl (C=O) groups excluding carboxylic acids is 1. The van der Waals surface area contributed by atoms with Crippen molar-refractivity contribution in [2.75, 3.05) is 59.0 Å². The second kappa shape index (κ2) is 11.5. The zero-order valence-electron chi connectivity index (χ0n) is 17.6. The molecule has 2 bridgehead atoms. The van der Waals surface area contributed by atoms with E-state index in [2.05, 4.69) is 17.1 Å². The number of rotatable bonds is 6. The quantitative estimate of drug-likeness (QED) is 0.651. The Morgan fingerprint density at radius 1 is 1.13 bits per heavy atom. The van der Waals surface area contributed by atoms with Gasteiger partial charge in [0.25, 0.3) is 5.56 Å². The maximum Gasteiger partial charge on any atom is 0.251 e. The molecule has 1 amide bonds. The van der Waals surface area contributed by atoms with E-state index in [1.807, 2.05) is 17.0 Å². The number of aromatic nitrogens is 1. The van der Waals surface area contributed by atoms with E-state index in [0.29, 0.717) is 5.92 Å². The highest BCUT2D eigenvalue weighted by Gasteiger charge is 2.43. The molecule has 4 heterocycles. The molecule has 3 aliphatic heterocycles. The molecule has 30 heavy (non-hydrogen) atoms. The lowest BCUT2D eigenvalue weighted by molar-refractivity contribution is -0.139. The van der Waals surface area contributed by atoms with Crippen LogP contribution in [0.15, 0.2) is 23.0 Å². The van der Waals surface area contributed by atoms with Crippen LogP contribution >= 0.6 is 24.8 Å². The summed E-state index contributed by atoms with van der Waals surface area (Å²) in [6.45, 7) is 9.49. The molecule has 0 spiro atoms. The van der Waals surface area contributed by atoms with Crippen LogP contribution in [-0.2, 0) is 9.53 Å². The van der Waals surface area contributed by atoms with Gasteiger partial charge in [0.2, 0.25) is 5.91 Å². The second-order valence-electron chi connectivity index (χ2n) is 8.23. The van der Waals surface area contributed by atoms with Crippen molar-refractivity contribution in [2.24, 2.45) is 5.92 Å². The van der Waals surface area contributed by atoms with Crippen LogP contribution in [0.2, 0.25) is 0 Å². The lowest BCUT2D eigenvalue weighted by atomic mass is 9.79. The van der Waals surface area contributed by atoms with Crippen LogP contribution in [0.3, 0.4) is 0 Å². The molecule has 2 saturated heterocycles. The molecule has 9 heteroatoms. The molecule has 0 aliphatic carbocycles. The number of piperazine rings is 1. The molecule has 170 valence electrons. The van der Waals surface area contributed by atoms with Crippen LogP contribution in [-0.4, -0.2) is 79.3 Å². The first-order chi connectivity index (χ1) is 13.7. The molecule has 7 nitrogen and oxygen atoms in total. The predicted octanol–water partition coefficient (Wildman–Crippen LogP) is 1.51. The fourth-order valence-corrected chi connectivity index (χ4v) is 4.93. The van der Waals surface area contributed by atoms with Gasteiger partial charge in [-0.25, -0.2) is 0 Å². The first-order valence-electron chi connectivity index (χ1n) is 10.7. The molecule has 2 fully saturated rings. The summed E-state index contributed by atoms with van der Waals surface area (Å²) < 4.78 is 7.38. The number of ether oxygens (including phenoxy) is 1. The standard InChI is InChI=1S/C21H32N4O3.2ClH/c1-2-11-28-12-10-23-6-8-24(9-7-23)21(27)20-17-13-16(14-22-15-17)18-4-3-5-19(26)25(18)20;;/h3-5,16-17,20,22H,2,6-15H2,1H3;2*1H/t16-,17+,20-;;/m1../s1. The zero-order chi connectivity index (χ0) is 19.5. The number of hydrogen-bond acceptors (Lipinski definition) is 5. The number of carbonyl (C=O) groups is 1. The van der Waals surface area contributed by atoms with Gasteiger partial charge in [-0.2, -0.15) is 0 Å². The van der Waals surface area contributed by atoms with Crippen molar-refractivity contribution in [3.05, 3.63) is 34.2 Å². The topological polar surface area (TPSA) is 66.8 Å². The summed E-state index contributed by atoms with van der Waals surface area (Å²) >= 11 is 0. The Bertz CT molecular complexity index is 752. The molecule has 0 radical (unpaired) electrons. The SMILES string of the molecule is CCCOCCN1CCN(C(=O)[C@H]2[C@@H]3CNC[C@@H](C3)c3cccc(=O)n32)CC1.Cl.Cl. The fourth-order valence-electron chi connectivity index (χ4n) is 4.93. The van der Waals surface area contributed by atoms with Gasteiger partial charge in [-0.3, -0.25) is 19.1 Å². The number of nitrogens with one attached hydrogen (secondary N) is 1. The van der Waals surface area contributed by atoms with E-state index >= 15 is 0 Å². The summed E-state index contributed by atoms with van der Waals surface area (Å²) in [5.74, 6) is 0.638. The summed E-state index contributed by atoms with van der Waals surface area (Å²) in [6, 6.07) is 5.06. The smallest absolute Gasteiger partial charge is 0.251 e. The molecule has 1 aromatic heterocycles. The zero-order valence-corrected chi connectivity index (χ0v) is 19.3. The van der Waals surface area contributed by atoms with E-state index in [9.17, 15) is 9.59 Å². The molecule has 0 aromatic carbocycles. The number of pyridine rings is 1. The Hall–Kier alpha value is -1.12. The third kappa shape index (κ3) is 5.19. The Morgan fingerprint density at radius 3 is 2.63 bits per heavy atom. The van der Waals surface area contributed by atoms with E-state index in [-0.39, 0.29) is 48.2 Å². The van der Waals surface area contributed by atoms with Crippen molar-refractivity contribution in [3.8, 4) is 0 Å². The summed E-state index contributed by atoms with van der Waals surface area (Å²) in [5, 5.41) is 3.47. The van der Waals surface area contributed by atoms with Gasteiger partial charge in [0.1, 0.15) is 6.04 Å². The molecule has 0 saturated carbocycles. The molecule has 4 rings (SSSR count). The summed E-state index contributed by atoms with van der Waals surface area (Å²) in [7, 11) is 0. The van der Waals surface area contributed by atoms with Gasteiger partial charge in [-0.05, 0) is 18.9 Å². The van der Waals surface area contributed by atoms with Gasteiger partial charge in [-0.15, -0.1) is 24.8 Å². The molecule has 0 unspecified atom stereocenters. The van der Waals surface area contributed by atoms with Crippen molar-refractivity contribution in [1.82, 2.24) is 19.7 Å². The summed E-state index contributed by atoms with van der Waals surface area (Å²) in [6.07, 6.45) is 2.03. The minimum absolute atomic E-state index is 0. The number of halogens is 2. The van der Waals surface area contributed by atoms with Crippen molar-refractivity contribution in [1.29, 1.82) is 0 Å². The van der Waals surface area contributed by atoms with Gasteiger partial charge in [0, 0.05) is 76.0 Å². The van der Waals surface area contributed by atoms with Crippen LogP contribution in [0.4, 0.5) is 0 Å². The number of nitrogens with zero attached hydrogens (tertiary/aromatic N) is 3. The minimum atomic E-state index is -0.368. The highest BCUT2D eigenvalue weighted by Crippen LogP contribution is 2.39. The Labute approximate surface area is 190 Å². The fraction of sp³-hybridized carbons (Fsp3) is 0.714. The third-order valence-corrected chi connectivity index (χ3v) is 6.39. The lowest BCUT2D eigenvalue weighted by Crippen LogP contribution is -2.56. The van der Waals surface area contributed by atoms with E-state index < -0.39 is 0 Å². The number of amides is 1. The van der Waals surface area contributed by atoms with Crippen molar-refractivity contribution < 1.29 is 9.53 Å². The highest BCUT2D eigenvalue weighted by atomic mass is 35.5. The first-order valence-corrected chi connectivity index (χ1v) is 10.7. The Kier molecular flexibility index (Phi) is 9.63. The molecule has 1 N–H and O–H groups in total. The van der Waals surface area contributed by atoms with Gasteiger partial charge < -0.3 is 15.0 Å². The normalized spacial score (nSPS) is 25.6.